The molecule has 2 rings (SSSR count). The van der Waals surface area contributed by atoms with Crippen molar-refractivity contribution in [3.05, 3.63) is 34.6 Å². The van der Waals surface area contributed by atoms with Gasteiger partial charge in [-0.15, -0.1) is 0 Å². The second kappa shape index (κ2) is 4.28. The van der Waals surface area contributed by atoms with Crippen molar-refractivity contribution in [3.63, 3.8) is 0 Å². The highest BCUT2D eigenvalue weighted by Crippen LogP contribution is 2.18. The van der Waals surface area contributed by atoms with E-state index in [0.29, 0.717) is 11.1 Å². The van der Waals surface area contributed by atoms with Crippen molar-refractivity contribution in [1.82, 2.24) is 5.32 Å². The van der Waals surface area contributed by atoms with Gasteiger partial charge < -0.3 is 5.32 Å². The van der Waals surface area contributed by atoms with Crippen LogP contribution >= 0.6 is 11.6 Å². The lowest BCUT2D eigenvalue weighted by atomic mass is 10.0. The number of hydrogen-bond donors (Lipinski definition) is 1. The zero-order chi connectivity index (χ0) is 9.97. The molecule has 1 saturated heterocycles. The minimum Gasteiger partial charge on any atom is -0.314 e. The Morgan fingerprint density at radius 2 is 2.36 bits per heavy atom. The molecule has 0 aliphatic carbocycles. The van der Waals surface area contributed by atoms with Crippen LogP contribution in [0.4, 0.5) is 4.39 Å². The molecule has 1 unspecified atom stereocenters. The van der Waals surface area contributed by atoms with Crippen LogP contribution in [-0.4, -0.2) is 12.6 Å². The number of hydrogen-bond acceptors (Lipinski definition) is 1. The minimum atomic E-state index is -0.150. The first-order valence-corrected chi connectivity index (χ1v) is 5.31. The van der Waals surface area contributed by atoms with Gasteiger partial charge in [0.1, 0.15) is 5.82 Å². The van der Waals surface area contributed by atoms with Gasteiger partial charge >= 0.3 is 0 Å². The molecule has 14 heavy (non-hydrogen) atoms. The second-order valence-electron chi connectivity index (χ2n) is 3.73. The highest BCUT2D eigenvalue weighted by atomic mass is 35.5. The maximum Gasteiger partial charge on any atom is 0.126 e. The molecule has 0 radical (unpaired) electrons. The molecule has 0 saturated carbocycles. The van der Waals surface area contributed by atoms with Crippen molar-refractivity contribution in [2.24, 2.45) is 0 Å². The largest absolute Gasteiger partial charge is 0.314 e. The second-order valence-corrected chi connectivity index (χ2v) is 4.17. The maximum absolute atomic E-state index is 13.3. The van der Waals surface area contributed by atoms with Gasteiger partial charge in [-0.25, -0.2) is 4.39 Å². The SMILES string of the molecule is Fc1ccc(Cl)cc1CC1CCCN1. The predicted molar refractivity (Wildman–Crippen MR) is 56.1 cm³/mol. The molecule has 0 spiro atoms. The molecule has 1 aliphatic heterocycles. The molecule has 76 valence electrons. The van der Waals surface area contributed by atoms with Crippen LogP contribution in [0.15, 0.2) is 18.2 Å². The zero-order valence-electron chi connectivity index (χ0n) is 7.89. The van der Waals surface area contributed by atoms with Crippen LogP contribution in [0.5, 0.6) is 0 Å². The summed E-state index contributed by atoms with van der Waals surface area (Å²) in [4.78, 5) is 0. The Morgan fingerprint density at radius 1 is 1.50 bits per heavy atom. The van der Waals surface area contributed by atoms with Gasteiger partial charge in [-0.05, 0) is 49.6 Å². The first-order chi connectivity index (χ1) is 6.75. The van der Waals surface area contributed by atoms with E-state index in [0.717, 1.165) is 24.9 Å². The molecule has 0 aromatic heterocycles. The van der Waals surface area contributed by atoms with Gasteiger partial charge in [-0.2, -0.15) is 0 Å². The van der Waals surface area contributed by atoms with Crippen molar-refractivity contribution in [1.29, 1.82) is 0 Å². The van der Waals surface area contributed by atoms with E-state index in [1.54, 1.807) is 12.1 Å². The first-order valence-electron chi connectivity index (χ1n) is 4.93. The van der Waals surface area contributed by atoms with Crippen LogP contribution in [0.2, 0.25) is 5.02 Å². The van der Waals surface area contributed by atoms with Gasteiger partial charge in [-0.3, -0.25) is 0 Å². The summed E-state index contributed by atoms with van der Waals surface area (Å²) < 4.78 is 13.3. The number of halogens is 2. The number of rotatable bonds is 2. The van der Waals surface area contributed by atoms with Crippen molar-refractivity contribution in [2.75, 3.05) is 6.54 Å². The molecule has 1 heterocycles. The highest BCUT2D eigenvalue weighted by molar-refractivity contribution is 6.30. The molecule has 0 amide bonds. The predicted octanol–water partition coefficient (Wildman–Crippen LogP) is 2.77. The van der Waals surface area contributed by atoms with Crippen molar-refractivity contribution < 1.29 is 4.39 Å². The van der Waals surface area contributed by atoms with E-state index in [1.165, 1.54) is 12.5 Å². The molecular formula is C11H13ClFN. The molecule has 3 heteroatoms. The van der Waals surface area contributed by atoms with E-state index in [9.17, 15) is 4.39 Å². The Hall–Kier alpha value is -0.600. The molecule has 1 aromatic rings. The fourth-order valence-electron chi connectivity index (χ4n) is 1.90. The lowest BCUT2D eigenvalue weighted by Crippen LogP contribution is -2.24. The third-order valence-corrected chi connectivity index (χ3v) is 2.87. The topological polar surface area (TPSA) is 12.0 Å². The minimum absolute atomic E-state index is 0.150. The molecule has 1 fully saturated rings. The monoisotopic (exact) mass is 213 g/mol. The molecule has 0 bridgehead atoms. The van der Waals surface area contributed by atoms with Crippen molar-refractivity contribution in [3.8, 4) is 0 Å². The smallest absolute Gasteiger partial charge is 0.126 e. The summed E-state index contributed by atoms with van der Waals surface area (Å²) in [5.74, 6) is -0.150. The summed E-state index contributed by atoms with van der Waals surface area (Å²) in [5.41, 5.74) is 0.719. The summed E-state index contributed by atoms with van der Waals surface area (Å²) >= 11 is 5.82. The summed E-state index contributed by atoms with van der Waals surface area (Å²) in [7, 11) is 0. The van der Waals surface area contributed by atoms with Crippen LogP contribution in [-0.2, 0) is 6.42 Å². The first kappa shape index (κ1) is 9.94. The Labute approximate surface area is 88.3 Å². The van der Waals surface area contributed by atoms with Gasteiger partial charge in [0.25, 0.3) is 0 Å². The Morgan fingerprint density at radius 3 is 3.07 bits per heavy atom. The Kier molecular flexibility index (Phi) is 3.04. The molecule has 1 aliphatic rings. The van der Waals surface area contributed by atoms with Gasteiger partial charge in [0, 0.05) is 11.1 Å². The van der Waals surface area contributed by atoms with Crippen molar-refractivity contribution in [2.45, 2.75) is 25.3 Å². The van der Waals surface area contributed by atoms with Gasteiger partial charge in [0.15, 0.2) is 0 Å². The molecule has 1 atom stereocenters. The van der Waals surface area contributed by atoms with Crippen LogP contribution in [0, 0.1) is 5.82 Å². The van der Waals surface area contributed by atoms with Crippen LogP contribution in [0.25, 0.3) is 0 Å². The summed E-state index contributed by atoms with van der Waals surface area (Å²) in [5, 5.41) is 3.95. The average Bonchev–Trinajstić information content (AvgIpc) is 2.64. The zero-order valence-corrected chi connectivity index (χ0v) is 8.65. The standard InChI is InChI=1S/C11H13ClFN/c12-9-3-4-11(13)8(6-9)7-10-2-1-5-14-10/h3-4,6,10,14H,1-2,5,7H2. The normalized spacial score (nSPS) is 21.4. The fourth-order valence-corrected chi connectivity index (χ4v) is 2.09. The Bertz CT molecular complexity index is 321. The number of nitrogens with one attached hydrogen (secondary N) is 1. The summed E-state index contributed by atoms with van der Waals surface area (Å²) in [6.07, 6.45) is 3.06. The fraction of sp³-hybridized carbons (Fsp3) is 0.455. The maximum atomic E-state index is 13.3. The van der Waals surface area contributed by atoms with Crippen LogP contribution < -0.4 is 5.32 Å². The lowest BCUT2D eigenvalue weighted by molar-refractivity contribution is 0.560. The van der Waals surface area contributed by atoms with Gasteiger partial charge in [-0.1, -0.05) is 11.6 Å². The third-order valence-electron chi connectivity index (χ3n) is 2.64. The highest BCUT2D eigenvalue weighted by Gasteiger charge is 2.16. The van der Waals surface area contributed by atoms with Crippen LogP contribution in [0.3, 0.4) is 0 Å². The summed E-state index contributed by atoms with van der Waals surface area (Å²) in [6, 6.07) is 5.16. The van der Waals surface area contributed by atoms with E-state index in [4.69, 9.17) is 11.6 Å². The van der Waals surface area contributed by atoms with Gasteiger partial charge in [0.05, 0.1) is 0 Å². The number of benzene rings is 1. The summed E-state index contributed by atoms with van der Waals surface area (Å²) in [6.45, 7) is 1.05. The van der Waals surface area contributed by atoms with E-state index < -0.39 is 0 Å². The quantitative estimate of drug-likeness (QED) is 0.797. The molecule has 1 N–H and O–H groups in total. The van der Waals surface area contributed by atoms with Gasteiger partial charge in [0.2, 0.25) is 0 Å². The van der Waals surface area contributed by atoms with E-state index in [-0.39, 0.29) is 5.82 Å². The van der Waals surface area contributed by atoms with Crippen LogP contribution in [0.1, 0.15) is 18.4 Å². The lowest BCUT2D eigenvalue weighted by Gasteiger charge is -2.10. The Balaban J connectivity index is 2.10. The molecule has 1 aromatic carbocycles. The van der Waals surface area contributed by atoms with E-state index >= 15 is 0 Å². The molecular weight excluding hydrogens is 201 g/mol. The van der Waals surface area contributed by atoms with E-state index in [2.05, 4.69) is 5.32 Å². The third kappa shape index (κ3) is 2.25. The van der Waals surface area contributed by atoms with E-state index in [1.807, 2.05) is 0 Å². The molecule has 1 nitrogen and oxygen atoms in total. The van der Waals surface area contributed by atoms with Crippen molar-refractivity contribution >= 4 is 11.6 Å². The average molecular weight is 214 g/mol.